The topological polar surface area (TPSA) is 104 Å². The number of likely N-dealkylation sites (tertiary alicyclic amines) is 1. The first kappa shape index (κ1) is 23.5. The van der Waals surface area contributed by atoms with Crippen molar-refractivity contribution in [3.8, 4) is 22.9 Å². The first-order valence-corrected chi connectivity index (χ1v) is 12.4. The molecule has 1 saturated carbocycles. The van der Waals surface area contributed by atoms with E-state index in [1.54, 1.807) is 6.07 Å². The molecule has 180 valence electrons. The second-order valence-electron chi connectivity index (χ2n) is 9.72. The minimum Gasteiger partial charge on any atom is -0.508 e. The van der Waals surface area contributed by atoms with Gasteiger partial charge in [0.15, 0.2) is 5.82 Å². The largest absolute Gasteiger partial charge is 0.508 e. The molecular weight excluding hydrogens is 418 g/mol. The van der Waals surface area contributed by atoms with Crippen LogP contribution in [0.25, 0.3) is 11.4 Å². The highest BCUT2D eigenvalue weighted by molar-refractivity contribution is 5.91. The molecule has 0 unspecified atom stereocenters. The van der Waals surface area contributed by atoms with Crippen molar-refractivity contribution in [2.75, 3.05) is 19.6 Å². The standard InChI is InChI=1S/C25H37N5O3/c1-4-26-25(33)24-28-27-23(20-14-19(16(2)3)21(31)15-22(20)32)30(24)18-10-8-17(9-11-18)29-12-6-5-7-13-29/h14-18,31-32H,4-13H2,1-3H3,(H,26,33). The summed E-state index contributed by atoms with van der Waals surface area (Å²) >= 11 is 0. The molecule has 0 radical (unpaired) electrons. The number of phenolic OH excluding ortho intramolecular Hbond substituents is 2. The molecule has 2 aliphatic rings. The number of hydrogen-bond donors (Lipinski definition) is 3. The van der Waals surface area contributed by atoms with Crippen molar-refractivity contribution in [3.05, 3.63) is 23.5 Å². The van der Waals surface area contributed by atoms with Gasteiger partial charge in [-0.15, -0.1) is 10.2 Å². The van der Waals surface area contributed by atoms with Crippen LogP contribution in [0.1, 0.15) is 93.9 Å². The number of aromatic nitrogens is 3. The lowest BCUT2D eigenvalue weighted by molar-refractivity contribution is 0.0927. The van der Waals surface area contributed by atoms with Crippen molar-refractivity contribution in [2.45, 2.75) is 83.7 Å². The molecule has 1 aromatic carbocycles. The lowest BCUT2D eigenvalue weighted by Gasteiger charge is -2.39. The molecule has 8 heteroatoms. The zero-order chi connectivity index (χ0) is 23.5. The van der Waals surface area contributed by atoms with Crippen LogP contribution in [-0.4, -0.2) is 61.5 Å². The van der Waals surface area contributed by atoms with Gasteiger partial charge in [-0.05, 0) is 76.1 Å². The Balaban J connectivity index is 1.68. The fraction of sp³-hybridized carbons (Fsp3) is 0.640. The van der Waals surface area contributed by atoms with Gasteiger partial charge in [-0.3, -0.25) is 9.36 Å². The molecule has 0 atom stereocenters. The number of rotatable bonds is 6. The van der Waals surface area contributed by atoms with E-state index in [-0.39, 0.29) is 35.2 Å². The summed E-state index contributed by atoms with van der Waals surface area (Å²) in [5.74, 6) is 0.586. The molecule has 3 N–H and O–H groups in total. The van der Waals surface area contributed by atoms with E-state index in [1.807, 2.05) is 25.3 Å². The van der Waals surface area contributed by atoms with Gasteiger partial charge in [-0.1, -0.05) is 20.3 Å². The Bertz CT molecular complexity index is 973. The van der Waals surface area contributed by atoms with Gasteiger partial charge in [0.25, 0.3) is 5.91 Å². The van der Waals surface area contributed by atoms with E-state index in [1.165, 1.54) is 38.4 Å². The highest BCUT2D eigenvalue weighted by atomic mass is 16.3. The molecule has 2 heterocycles. The number of phenols is 2. The van der Waals surface area contributed by atoms with E-state index in [0.717, 1.165) is 31.2 Å². The van der Waals surface area contributed by atoms with Crippen molar-refractivity contribution < 1.29 is 15.0 Å². The fourth-order valence-electron chi connectivity index (χ4n) is 5.42. The quantitative estimate of drug-likeness (QED) is 0.603. The van der Waals surface area contributed by atoms with Gasteiger partial charge < -0.3 is 20.4 Å². The fourth-order valence-corrected chi connectivity index (χ4v) is 5.42. The SMILES string of the molecule is CCNC(=O)c1nnc(-c2cc(C(C)C)c(O)cc2O)n1C1CCC(N2CCCCC2)CC1. The maximum Gasteiger partial charge on any atom is 0.289 e. The summed E-state index contributed by atoms with van der Waals surface area (Å²) in [5, 5.41) is 32.4. The van der Waals surface area contributed by atoms with Gasteiger partial charge in [0.2, 0.25) is 5.82 Å². The number of nitrogens with one attached hydrogen (secondary N) is 1. The molecule has 4 rings (SSSR count). The van der Waals surface area contributed by atoms with Crippen LogP contribution >= 0.6 is 0 Å². The second kappa shape index (κ2) is 10.1. The Labute approximate surface area is 196 Å². The summed E-state index contributed by atoms with van der Waals surface area (Å²) in [4.78, 5) is 15.5. The normalized spacial score (nSPS) is 21.9. The predicted octanol–water partition coefficient (Wildman–Crippen LogP) is 4.20. The average molecular weight is 456 g/mol. The average Bonchev–Trinajstić information content (AvgIpc) is 3.25. The van der Waals surface area contributed by atoms with Crippen molar-refractivity contribution in [3.63, 3.8) is 0 Å². The summed E-state index contributed by atoms with van der Waals surface area (Å²) in [6.07, 6.45) is 7.94. The number of benzene rings is 1. The van der Waals surface area contributed by atoms with Crippen LogP contribution in [0.15, 0.2) is 12.1 Å². The minimum absolute atomic E-state index is 0.0586. The molecule has 1 aromatic heterocycles. The number of amides is 1. The zero-order valence-electron chi connectivity index (χ0n) is 20.0. The Morgan fingerprint density at radius 3 is 2.33 bits per heavy atom. The maximum absolute atomic E-state index is 12.8. The van der Waals surface area contributed by atoms with E-state index in [9.17, 15) is 15.0 Å². The van der Waals surface area contributed by atoms with Gasteiger partial charge >= 0.3 is 0 Å². The van der Waals surface area contributed by atoms with E-state index >= 15 is 0 Å². The second-order valence-corrected chi connectivity index (χ2v) is 9.72. The van der Waals surface area contributed by atoms with Crippen LogP contribution in [0.5, 0.6) is 11.5 Å². The monoisotopic (exact) mass is 455 g/mol. The van der Waals surface area contributed by atoms with Crippen LogP contribution < -0.4 is 5.32 Å². The smallest absolute Gasteiger partial charge is 0.289 e. The summed E-state index contributed by atoms with van der Waals surface area (Å²) in [7, 11) is 0. The number of piperidine rings is 1. The van der Waals surface area contributed by atoms with Gasteiger partial charge in [0, 0.05) is 24.7 Å². The molecule has 2 fully saturated rings. The molecule has 1 saturated heterocycles. The molecule has 0 spiro atoms. The molecule has 1 aliphatic heterocycles. The molecule has 8 nitrogen and oxygen atoms in total. The van der Waals surface area contributed by atoms with Crippen LogP contribution in [0, 0.1) is 0 Å². The third-order valence-electron chi connectivity index (χ3n) is 7.18. The van der Waals surface area contributed by atoms with Crippen LogP contribution in [0.2, 0.25) is 0 Å². The van der Waals surface area contributed by atoms with E-state index in [2.05, 4.69) is 20.4 Å². The third-order valence-corrected chi connectivity index (χ3v) is 7.18. The van der Waals surface area contributed by atoms with Gasteiger partial charge in [-0.25, -0.2) is 0 Å². The zero-order valence-corrected chi connectivity index (χ0v) is 20.0. The van der Waals surface area contributed by atoms with Gasteiger partial charge in [-0.2, -0.15) is 0 Å². The minimum atomic E-state index is -0.253. The van der Waals surface area contributed by atoms with E-state index in [0.29, 0.717) is 24.0 Å². The van der Waals surface area contributed by atoms with E-state index < -0.39 is 0 Å². The number of carbonyl (C=O) groups is 1. The van der Waals surface area contributed by atoms with Crippen molar-refractivity contribution >= 4 is 5.91 Å². The summed E-state index contributed by atoms with van der Waals surface area (Å²) in [5.41, 5.74) is 1.23. The highest BCUT2D eigenvalue weighted by Crippen LogP contribution is 2.40. The summed E-state index contributed by atoms with van der Waals surface area (Å²) in [6, 6.07) is 3.83. The third kappa shape index (κ3) is 4.86. The Morgan fingerprint density at radius 2 is 1.70 bits per heavy atom. The number of hydrogen-bond acceptors (Lipinski definition) is 6. The van der Waals surface area contributed by atoms with Gasteiger partial charge in [0.1, 0.15) is 11.5 Å². The Hall–Kier alpha value is -2.61. The lowest BCUT2D eigenvalue weighted by atomic mass is 9.88. The van der Waals surface area contributed by atoms with Crippen molar-refractivity contribution in [1.82, 2.24) is 25.0 Å². The molecule has 1 amide bonds. The number of carbonyl (C=O) groups excluding carboxylic acids is 1. The molecule has 2 aromatic rings. The molecule has 0 bridgehead atoms. The Morgan fingerprint density at radius 1 is 1.03 bits per heavy atom. The summed E-state index contributed by atoms with van der Waals surface area (Å²) in [6.45, 7) is 8.74. The molecule has 1 aliphatic carbocycles. The maximum atomic E-state index is 12.8. The Kier molecular flexibility index (Phi) is 7.22. The first-order chi connectivity index (χ1) is 15.9. The van der Waals surface area contributed by atoms with Crippen LogP contribution in [0.4, 0.5) is 0 Å². The molecular formula is C25H37N5O3. The van der Waals surface area contributed by atoms with Crippen LogP contribution in [-0.2, 0) is 0 Å². The first-order valence-electron chi connectivity index (χ1n) is 12.4. The lowest BCUT2D eigenvalue weighted by Crippen LogP contribution is -2.41. The number of nitrogens with zero attached hydrogens (tertiary/aromatic N) is 4. The highest BCUT2D eigenvalue weighted by Gasteiger charge is 2.32. The summed E-state index contributed by atoms with van der Waals surface area (Å²) < 4.78 is 1.92. The van der Waals surface area contributed by atoms with Crippen molar-refractivity contribution in [1.29, 1.82) is 0 Å². The predicted molar refractivity (Wildman–Crippen MR) is 128 cm³/mol. The van der Waals surface area contributed by atoms with Gasteiger partial charge in [0.05, 0.1) is 5.56 Å². The van der Waals surface area contributed by atoms with Crippen LogP contribution in [0.3, 0.4) is 0 Å². The van der Waals surface area contributed by atoms with E-state index in [4.69, 9.17) is 0 Å². The molecule has 33 heavy (non-hydrogen) atoms. The number of aromatic hydroxyl groups is 2. The van der Waals surface area contributed by atoms with Crippen molar-refractivity contribution in [2.24, 2.45) is 0 Å².